The van der Waals surface area contributed by atoms with Crippen LogP contribution >= 0.6 is 0 Å². The molecule has 0 amide bonds. The topological polar surface area (TPSA) is 44.5 Å². The predicted molar refractivity (Wildman–Crippen MR) is 70.2 cm³/mol. The molecule has 2 atom stereocenters. The molecule has 0 aliphatic carbocycles. The zero-order valence-electron chi connectivity index (χ0n) is 11.5. The maximum Gasteiger partial charge on any atom is 0.165 e. The zero-order valence-corrected chi connectivity index (χ0v) is 11.5. The molecule has 0 radical (unpaired) electrons. The van der Waals surface area contributed by atoms with E-state index in [-0.39, 0.29) is 11.8 Å². The van der Waals surface area contributed by atoms with E-state index in [1.165, 1.54) is 13.2 Å². The minimum atomic E-state index is -0.490. The number of halogens is 1. The van der Waals surface area contributed by atoms with Crippen LogP contribution in [-0.4, -0.2) is 19.3 Å². The maximum atomic E-state index is 13.7. The highest BCUT2D eigenvalue weighted by molar-refractivity contribution is 5.32. The van der Waals surface area contributed by atoms with Gasteiger partial charge in [-0.25, -0.2) is 4.39 Å². The fraction of sp³-hybridized carbons (Fsp3) is 0.571. The number of rotatable bonds is 6. The fourth-order valence-corrected chi connectivity index (χ4v) is 1.97. The summed E-state index contributed by atoms with van der Waals surface area (Å²) >= 11 is 0. The maximum absolute atomic E-state index is 13.7. The molecule has 0 bridgehead atoms. The van der Waals surface area contributed by atoms with Crippen molar-refractivity contribution >= 4 is 0 Å². The lowest BCUT2D eigenvalue weighted by Gasteiger charge is -2.34. The third kappa shape index (κ3) is 3.00. The van der Waals surface area contributed by atoms with E-state index < -0.39 is 11.4 Å². The van der Waals surface area contributed by atoms with Crippen molar-refractivity contribution in [3.8, 4) is 5.75 Å². The van der Waals surface area contributed by atoms with E-state index in [1.807, 2.05) is 20.8 Å². The van der Waals surface area contributed by atoms with Crippen LogP contribution in [0.5, 0.6) is 5.75 Å². The lowest BCUT2D eigenvalue weighted by atomic mass is 9.88. The summed E-state index contributed by atoms with van der Waals surface area (Å²) in [6.45, 7) is 6.46. The molecule has 0 spiro atoms. The van der Waals surface area contributed by atoms with Crippen LogP contribution < -0.4 is 10.5 Å². The lowest BCUT2D eigenvalue weighted by Crippen LogP contribution is -2.40. The van der Waals surface area contributed by atoms with E-state index in [9.17, 15) is 4.39 Å². The van der Waals surface area contributed by atoms with Crippen molar-refractivity contribution in [1.82, 2.24) is 0 Å². The first kappa shape index (κ1) is 14.9. The molecule has 2 N–H and O–H groups in total. The summed E-state index contributed by atoms with van der Waals surface area (Å²) in [6.07, 6.45) is 0.760. The highest BCUT2D eigenvalue weighted by Crippen LogP contribution is 2.31. The van der Waals surface area contributed by atoms with Crippen LogP contribution in [0.25, 0.3) is 0 Å². The second kappa shape index (κ2) is 6.16. The van der Waals surface area contributed by atoms with Crippen molar-refractivity contribution in [2.24, 2.45) is 5.73 Å². The number of methoxy groups -OCH3 is 1. The molecule has 0 heterocycles. The smallest absolute Gasteiger partial charge is 0.165 e. The second-order valence-corrected chi connectivity index (χ2v) is 4.47. The molecule has 0 fully saturated rings. The predicted octanol–water partition coefficient (Wildman–Crippen LogP) is 3.04. The molecule has 3 nitrogen and oxygen atoms in total. The summed E-state index contributed by atoms with van der Waals surface area (Å²) in [4.78, 5) is 0. The summed E-state index contributed by atoms with van der Waals surface area (Å²) in [6, 6.07) is 4.41. The minimum Gasteiger partial charge on any atom is -0.494 e. The first-order valence-electron chi connectivity index (χ1n) is 6.21. The van der Waals surface area contributed by atoms with Crippen molar-refractivity contribution in [1.29, 1.82) is 0 Å². The Morgan fingerprint density at radius 3 is 2.50 bits per heavy atom. The third-order valence-corrected chi connectivity index (χ3v) is 3.37. The molecule has 2 unspecified atom stereocenters. The van der Waals surface area contributed by atoms with E-state index in [2.05, 4.69) is 0 Å². The molecule has 0 aromatic heterocycles. The molecular weight excluding hydrogens is 233 g/mol. The van der Waals surface area contributed by atoms with Crippen LogP contribution in [0, 0.1) is 5.82 Å². The van der Waals surface area contributed by atoms with Gasteiger partial charge in [-0.3, -0.25) is 0 Å². The van der Waals surface area contributed by atoms with Crippen LogP contribution in [0.3, 0.4) is 0 Å². The van der Waals surface area contributed by atoms with Gasteiger partial charge in [-0.15, -0.1) is 0 Å². The van der Waals surface area contributed by atoms with Gasteiger partial charge in [0.05, 0.1) is 18.8 Å². The number of benzene rings is 1. The normalized spacial score (nSPS) is 16.1. The Hall–Kier alpha value is -1.13. The van der Waals surface area contributed by atoms with Gasteiger partial charge in [0.1, 0.15) is 0 Å². The van der Waals surface area contributed by atoms with Crippen LogP contribution in [-0.2, 0) is 4.74 Å². The van der Waals surface area contributed by atoms with Gasteiger partial charge in [-0.05, 0) is 38.0 Å². The van der Waals surface area contributed by atoms with E-state index in [4.69, 9.17) is 15.2 Å². The average Bonchev–Trinajstić information content (AvgIpc) is 2.37. The molecule has 0 saturated heterocycles. The van der Waals surface area contributed by atoms with Crippen LogP contribution in [0.4, 0.5) is 4.39 Å². The van der Waals surface area contributed by atoms with Gasteiger partial charge in [0.25, 0.3) is 0 Å². The molecular formula is C14H22FNO2. The largest absolute Gasteiger partial charge is 0.494 e. The number of hydrogen-bond donors (Lipinski definition) is 1. The summed E-state index contributed by atoms with van der Waals surface area (Å²) in [5.74, 6) is -0.180. The lowest BCUT2D eigenvalue weighted by molar-refractivity contribution is -0.0473. The Morgan fingerprint density at radius 1 is 1.39 bits per heavy atom. The molecule has 1 aromatic rings. The van der Waals surface area contributed by atoms with E-state index in [0.29, 0.717) is 12.2 Å². The van der Waals surface area contributed by atoms with Gasteiger partial charge in [0.2, 0.25) is 0 Å². The fourth-order valence-electron chi connectivity index (χ4n) is 1.97. The number of nitrogens with two attached hydrogens (primary N) is 1. The van der Waals surface area contributed by atoms with Crippen molar-refractivity contribution in [3.05, 3.63) is 29.6 Å². The van der Waals surface area contributed by atoms with Crippen molar-refractivity contribution in [2.45, 2.75) is 38.8 Å². The van der Waals surface area contributed by atoms with E-state index >= 15 is 0 Å². The van der Waals surface area contributed by atoms with Crippen molar-refractivity contribution < 1.29 is 13.9 Å². The monoisotopic (exact) mass is 255 g/mol. The molecule has 1 rings (SSSR count). The Balaban J connectivity index is 3.02. The zero-order chi connectivity index (χ0) is 13.8. The minimum absolute atomic E-state index is 0.223. The Morgan fingerprint density at radius 2 is 2.06 bits per heavy atom. The van der Waals surface area contributed by atoms with Crippen LogP contribution in [0.1, 0.15) is 38.8 Å². The molecule has 0 aliphatic heterocycles. The Bertz CT molecular complexity index is 397. The molecule has 0 aliphatic rings. The van der Waals surface area contributed by atoms with Crippen LogP contribution in [0.15, 0.2) is 18.2 Å². The van der Waals surface area contributed by atoms with Crippen LogP contribution in [0.2, 0.25) is 0 Å². The van der Waals surface area contributed by atoms with Crippen molar-refractivity contribution in [2.75, 3.05) is 13.7 Å². The summed E-state index contributed by atoms with van der Waals surface area (Å²) in [7, 11) is 1.44. The molecule has 102 valence electrons. The summed E-state index contributed by atoms with van der Waals surface area (Å²) in [5, 5.41) is 0. The standard InChI is InChI=1S/C14H22FNO2/c1-5-14(3,18-6-2)13(16)10-7-8-12(17-4)11(15)9-10/h7-9,13H,5-6,16H2,1-4H3. The number of hydrogen-bond acceptors (Lipinski definition) is 3. The van der Waals surface area contributed by atoms with E-state index in [0.717, 1.165) is 6.42 Å². The van der Waals surface area contributed by atoms with Gasteiger partial charge >= 0.3 is 0 Å². The van der Waals surface area contributed by atoms with Gasteiger partial charge in [-0.1, -0.05) is 13.0 Å². The first-order chi connectivity index (χ1) is 8.48. The number of ether oxygens (including phenoxy) is 2. The second-order valence-electron chi connectivity index (χ2n) is 4.47. The Labute approximate surface area is 108 Å². The van der Waals surface area contributed by atoms with Gasteiger partial charge < -0.3 is 15.2 Å². The third-order valence-electron chi connectivity index (χ3n) is 3.37. The Kier molecular flexibility index (Phi) is 5.11. The molecule has 18 heavy (non-hydrogen) atoms. The first-order valence-corrected chi connectivity index (χ1v) is 6.21. The molecule has 0 saturated carbocycles. The highest BCUT2D eigenvalue weighted by atomic mass is 19.1. The highest BCUT2D eigenvalue weighted by Gasteiger charge is 2.32. The van der Waals surface area contributed by atoms with Gasteiger partial charge in [0.15, 0.2) is 11.6 Å². The summed E-state index contributed by atoms with van der Waals surface area (Å²) < 4.78 is 24.3. The van der Waals surface area contributed by atoms with E-state index in [1.54, 1.807) is 12.1 Å². The SMILES string of the molecule is CCOC(C)(CC)C(N)c1ccc(OC)c(F)c1. The quantitative estimate of drug-likeness (QED) is 0.849. The van der Waals surface area contributed by atoms with Gasteiger partial charge in [0, 0.05) is 6.61 Å². The average molecular weight is 255 g/mol. The van der Waals surface area contributed by atoms with Crippen molar-refractivity contribution in [3.63, 3.8) is 0 Å². The molecule has 1 aromatic carbocycles. The molecule has 4 heteroatoms. The van der Waals surface area contributed by atoms with Gasteiger partial charge in [-0.2, -0.15) is 0 Å². The summed E-state index contributed by atoms with van der Waals surface area (Å²) in [5.41, 5.74) is 6.42.